The molecule has 172 valence electrons. The summed E-state index contributed by atoms with van der Waals surface area (Å²) in [4.78, 5) is 20.2. The second-order valence-electron chi connectivity index (χ2n) is 8.08. The number of rotatable bonds is 7. The van der Waals surface area contributed by atoms with Crippen molar-refractivity contribution < 1.29 is 13.2 Å². The highest BCUT2D eigenvalue weighted by Gasteiger charge is 2.19. The first kappa shape index (κ1) is 23.1. The Morgan fingerprint density at radius 2 is 1.91 bits per heavy atom. The number of pyridine rings is 1. The lowest BCUT2D eigenvalue weighted by Gasteiger charge is -2.11. The van der Waals surface area contributed by atoms with E-state index in [1.165, 1.54) is 17.0 Å². The molecule has 0 bridgehead atoms. The molecule has 0 saturated carbocycles. The molecule has 0 atom stereocenters. The zero-order valence-electron chi connectivity index (χ0n) is 18.6. The first-order valence-electron chi connectivity index (χ1n) is 10.5. The highest BCUT2D eigenvalue weighted by Crippen LogP contribution is 2.30. The van der Waals surface area contributed by atoms with Crippen LogP contribution in [0, 0.1) is 6.92 Å². The molecule has 1 aromatic carbocycles. The molecular formula is C23H25N5O3S2. The van der Waals surface area contributed by atoms with Crippen molar-refractivity contribution in [2.45, 2.75) is 38.1 Å². The molecule has 3 N–H and O–H groups in total. The third-order valence-corrected chi connectivity index (χ3v) is 7.20. The Kier molecular flexibility index (Phi) is 6.33. The normalized spacial score (nSPS) is 11.9. The van der Waals surface area contributed by atoms with Crippen LogP contribution in [0.15, 0.2) is 53.6 Å². The van der Waals surface area contributed by atoms with Crippen LogP contribution in [0.1, 0.15) is 40.7 Å². The quantitative estimate of drug-likeness (QED) is 0.416. The Morgan fingerprint density at radius 3 is 2.52 bits per heavy atom. The molecule has 0 spiro atoms. The van der Waals surface area contributed by atoms with Crippen LogP contribution >= 0.6 is 11.3 Å². The minimum absolute atomic E-state index is 0.0629. The predicted molar refractivity (Wildman–Crippen MR) is 130 cm³/mol. The highest BCUT2D eigenvalue weighted by atomic mass is 32.2. The zero-order valence-corrected chi connectivity index (χ0v) is 20.2. The van der Waals surface area contributed by atoms with E-state index in [9.17, 15) is 13.2 Å². The van der Waals surface area contributed by atoms with Gasteiger partial charge in [0.05, 0.1) is 32.6 Å². The first-order chi connectivity index (χ1) is 15.6. The van der Waals surface area contributed by atoms with Crippen molar-refractivity contribution in [2.24, 2.45) is 5.14 Å². The summed E-state index contributed by atoms with van der Waals surface area (Å²) in [6.07, 6.45) is 2.24. The molecule has 4 rings (SSSR count). The molecule has 10 heteroatoms. The van der Waals surface area contributed by atoms with Gasteiger partial charge >= 0.3 is 0 Å². The lowest BCUT2D eigenvalue weighted by molar-refractivity contribution is 0.0955. The Bertz CT molecular complexity index is 1420. The lowest BCUT2D eigenvalue weighted by atomic mass is 10.1. The van der Waals surface area contributed by atoms with Gasteiger partial charge in [0, 0.05) is 17.5 Å². The summed E-state index contributed by atoms with van der Waals surface area (Å²) in [5, 5.41) is 13.3. The number of carbonyl (C=O) groups is 1. The maximum atomic E-state index is 13.1. The third kappa shape index (κ3) is 4.97. The predicted octanol–water partition coefficient (Wildman–Crippen LogP) is 3.67. The number of amides is 1. The number of hydrogen-bond donors (Lipinski definition) is 2. The Hall–Kier alpha value is -3.08. The fourth-order valence-corrected chi connectivity index (χ4v) is 4.89. The minimum atomic E-state index is -3.72. The molecule has 1 amide bonds. The summed E-state index contributed by atoms with van der Waals surface area (Å²) in [6.45, 7) is 6.48. The molecule has 4 aromatic rings. The molecule has 0 fully saturated rings. The number of hydrogen-bond acceptors (Lipinski definition) is 6. The maximum Gasteiger partial charge on any atom is 0.252 e. The van der Waals surface area contributed by atoms with Crippen molar-refractivity contribution in [2.75, 3.05) is 6.54 Å². The van der Waals surface area contributed by atoms with E-state index in [0.717, 1.165) is 16.1 Å². The summed E-state index contributed by atoms with van der Waals surface area (Å²) in [5.41, 5.74) is 2.84. The average Bonchev–Trinajstić information content (AvgIpc) is 3.39. The van der Waals surface area contributed by atoms with Crippen LogP contribution in [-0.4, -0.2) is 35.6 Å². The Labute approximate surface area is 196 Å². The van der Waals surface area contributed by atoms with Gasteiger partial charge in [-0.2, -0.15) is 5.10 Å². The molecule has 0 unspecified atom stereocenters. The fourth-order valence-electron chi connectivity index (χ4n) is 3.54. The van der Waals surface area contributed by atoms with Gasteiger partial charge in [0.15, 0.2) is 5.65 Å². The molecule has 8 nitrogen and oxygen atoms in total. The Balaban J connectivity index is 1.58. The van der Waals surface area contributed by atoms with Crippen LogP contribution < -0.4 is 10.5 Å². The SMILES string of the molecule is Cc1ccc(-c2cc(C(=O)NCCc3ccc(S(N)(=O)=O)cc3)c3cnn(C(C)C)c3n2)s1. The van der Waals surface area contributed by atoms with Crippen molar-refractivity contribution in [1.29, 1.82) is 0 Å². The Morgan fingerprint density at radius 1 is 1.18 bits per heavy atom. The first-order valence-corrected chi connectivity index (χ1v) is 12.8. The second-order valence-corrected chi connectivity index (χ2v) is 10.9. The standard InChI is InChI=1S/C23H25N5O3S2/c1-14(2)28-22-19(13-26-28)18(12-20(27-22)21-9-4-15(3)32-21)23(29)25-11-10-16-5-7-17(8-6-16)33(24,30)31/h4-9,12-14H,10-11H2,1-3H3,(H,25,29)(H2,24,30,31). The topological polar surface area (TPSA) is 120 Å². The lowest BCUT2D eigenvalue weighted by Crippen LogP contribution is -2.26. The monoisotopic (exact) mass is 483 g/mol. The van der Waals surface area contributed by atoms with Gasteiger partial charge in [-0.05, 0) is 63.1 Å². The van der Waals surface area contributed by atoms with Crippen LogP contribution in [0.5, 0.6) is 0 Å². The van der Waals surface area contributed by atoms with Crippen LogP contribution in [0.25, 0.3) is 21.6 Å². The van der Waals surface area contributed by atoms with Crippen LogP contribution in [0.2, 0.25) is 0 Å². The van der Waals surface area contributed by atoms with Crippen molar-refractivity contribution >= 4 is 38.3 Å². The number of nitrogens with one attached hydrogen (secondary N) is 1. The van der Waals surface area contributed by atoms with Gasteiger partial charge in [0.25, 0.3) is 5.91 Å². The molecule has 0 radical (unpaired) electrons. The summed E-state index contributed by atoms with van der Waals surface area (Å²) in [5.74, 6) is -0.207. The van der Waals surface area contributed by atoms with Crippen molar-refractivity contribution in [3.8, 4) is 10.6 Å². The van der Waals surface area contributed by atoms with Crippen LogP contribution in [0.4, 0.5) is 0 Å². The van der Waals surface area contributed by atoms with E-state index in [1.807, 2.05) is 43.7 Å². The molecular weight excluding hydrogens is 458 g/mol. The summed E-state index contributed by atoms with van der Waals surface area (Å²) < 4.78 is 24.6. The van der Waals surface area contributed by atoms with Gasteiger partial charge in [-0.15, -0.1) is 11.3 Å². The molecule has 0 aliphatic carbocycles. The molecule has 0 saturated heterocycles. The van der Waals surface area contributed by atoms with E-state index in [-0.39, 0.29) is 16.8 Å². The molecule has 33 heavy (non-hydrogen) atoms. The van der Waals surface area contributed by atoms with Crippen molar-refractivity contribution in [3.05, 3.63) is 64.7 Å². The van der Waals surface area contributed by atoms with Crippen molar-refractivity contribution in [1.82, 2.24) is 20.1 Å². The molecule has 3 heterocycles. The number of benzene rings is 1. The maximum absolute atomic E-state index is 13.1. The van der Waals surface area contributed by atoms with E-state index in [1.54, 1.807) is 29.7 Å². The van der Waals surface area contributed by atoms with Crippen molar-refractivity contribution in [3.63, 3.8) is 0 Å². The number of aryl methyl sites for hydroxylation is 1. The largest absolute Gasteiger partial charge is 0.352 e. The van der Waals surface area contributed by atoms with Gasteiger partial charge in [0.2, 0.25) is 10.0 Å². The zero-order chi connectivity index (χ0) is 23.8. The van der Waals surface area contributed by atoms with Crippen LogP contribution in [-0.2, 0) is 16.4 Å². The second kappa shape index (κ2) is 9.05. The van der Waals surface area contributed by atoms with E-state index in [4.69, 9.17) is 10.1 Å². The number of nitrogens with two attached hydrogens (primary N) is 1. The molecule has 3 aromatic heterocycles. The smallest absolute Gasteiger partial charge is 0.252 e. The van der Waals surface area contributed by atoms with Gasteiger partial charge in [-0.1, -0.05) is 12.1 Å². The summed E-state index contributed by atoms with van der Waals surface area (Å²) in [7, 11) is -3.72. The summed E-state index contributed by atoms with van der Waals surface area (Å²) >= 11 is 1.63. The van der Waals surface area contributed by atoms with Gasteiger partial charge in [0.1, 0.15) is 0 Å². The number of sulfonamides is 1. The number of carbonyl (C=O) groups excluding carboxylic acids is 1. The number of primary sulfonamides is 1. The number of thiophene rings is 1. The van der Waals surface area contributed by atoms with Gasteiger partial charge < -0.3 is 5.32 Å². The average molecular weight is 484 g/mol. The highest BCUT2D eigenvalue weighted by molar-refractivity contribution is 7.89. The fraction of sp³-hybridized carbons (Fsp3) is 0.261. The number of aromatic nitrogens is 3. The van der Waals surface area contributed by atoms with E-state index >= 15 is 0 Å². The number of fused-ring (bicyclic) bond motifs is 1. The third-order valence-electron chi connectivity index (χ3n) is 5.24. The van der Waals surface area contributed by atoms with E-state index < -0.39 is 10.0 Å². The molecule has 0 aliphatic heterocycles. The number of nitrogens with zero attached hydrogens (tertiary/aromatic N) is 3. The van der Waals surface area contributed by atoms with Gasteiger partial charge in [-0.3, -0.25) is 4.79 Å². The summed E-state index contributed by atoms with van der Waals surface area (Å²) in [6, 6.07) is 12.3. The van der Waals surface area contributed by atoms with E-state index in [2.05, 4.69) is 10.4 Å². The molecule has 0 aliphatic rings. The minimum Gasteiger partial charge on any atom is -0.352 e. The van der Waals surface area contributed by atoms with E-state index in [0.29, 0.717) is 29.6 Å². The van der Waals surface area contributed by atoms with Gasteiger partial charge in [-0.25, -0.2) is 23.2 Å². The van der Waals surface area contributed by atoms with Crippen LogP contribution in [0.3, 0.4) is 0 Å².